The molecule has 3 aromatic rings. The van der Waals surface area contributed by atoms with Crippen molar-refractivity contribution in [1.82, 2.24) is 0 Å². The van der Waals surface area contributed by atoms with E-state index in [0.29, 0.717) is 9.79 Å². The first kappa shape index (κ1) is 18.5. The molecule has 2 unspecified atom stereocenters. The normalized spacial score (nSPS) is 13.7. The molecule has 0 bridgehead atoms. The van der Waals surface area contributed by atoms with E-state index < -0.39 is 22.4 Å². The summed E-state index contributed by atoms with van der Waals surface area (Å²) in [5.41, 5.74) is 4.40. The monoisotopic (exact) mass is 388 g/mol. The number of hydrogen-bond donors (Lipinski definition) is 0. The summed E-state index contributed by atoms with van der Waals surface area (Å²) in [6.45, 7) is 4.09. The second kappa shape index (κ2) is 7.56. The van der Waals surface area contributed by atoms with E-state index in [-0.39, 0.29) is 0 Å². The van der Waals surface area contributed by atoms with Crippen molar-refractivity contribution < 1.29 is 9.11 Å². The minimum atomic E-state index is -1.22. The van der Waals surface area contributed by atoms with E-state index in [1.807, 2.05) is 62.4 Å². The molecule has 3 rings (SSSR count). The van der Waals surface area contributed by atoms with E-state index in [1.54, 1.807) is 23.8 Å². The molecule has 0 aliphatic carbocycles. The fourth-order valence-corrected chi connectivity index (χ4v) is 7.09. The maximum atomic E-state index is 12.5. The lowest BCUT2D eigenvalue weighted by atomic mass is 10.1. The molecule has 0 saturated heterocycles. The minimum absolute atomic E-state index is 0.699. The third-order valence-electron chi connectivity index (χ3n) is 4.03. The molecular weight excluding hydrogens is 368 g/mol. The molecule has 0 spiro atoms. The third kappa shape index (κ3) is 3.81. The van der Waals surface area contributed by atoms with Crippen LogP contribution in [-0.4, -0.2) is 21.6 Å². The predicted molar refractivity (Wildman–Crippen MR) is 109 cm³/mol. The van der Waals surface area contributed by atoms with Gasteiger partial charge in [0.1, 0.15) is 12.5 Å². The van der Waals surface area contributed by atoms with Gasteiger partial charge in [0.25, 0.3) is 0 Å². The van der Waals surface area contributed by atoms with Gasteiger partial charge in [-0.1, -0.05) is 59.7 Å². The largest absolute Gasteiger partial charge is 0.611 e. The second-order valence-electron chi connectivity index (χ2n) is 6.06. The zero-order valence-corrected chi connectivity index (χ0v) is 17.1. The van der Waals surface area contributed by atoms with Crippen molar-refractivity contribution in [2.45, 2.75) is 23.6 Å². The summed E-state index contributed by atoms with van der Waals surface area (Å²) in [4.78, 5) is 3.29. The van der Waals surface area contributed by atoms with Crippen LogP contribution < -0.4 is 0 Å². The molecule has 2 atom stereocenters. The summed E-state index contributed by atoms with van der Waals surface area (Å²) in [5.74, 6) is 0. The van der Waals surface area contributed by atoms with Crippen LogP contribution in [0, 0.1) is 13.8 Å². The van der Waals surface area contributed by atoms with Gasteiger partial charge >= 0.3 is 0 Å². The van der Waals surface area contributed by atoms with Crippen LogP contribution in [0.1, 0.15) is 11.1 Å². The molecule has 0 radical (unpaired) electrons. The van der Waals surface area contributed by atoms with Gasteiger partial charge < -0.3 is 9.11 Å². The summed E-state index contributed by atoms with van der Waals surface area (Å²) >= 11 is -0.862. The van der Waals surface area contributed by atoms with Gasteiger partial charge in [-0.3, -0.25) is 0 Å². The van der Waals surface area contributed by atoms with Crippen LogP contribution in [0.25, 0.3) is 20.9 Å². The Kier molecular flexibility index (Phi) is 5.61. The average molecular weight is 389 g/mol. The molecule has 1 aromatic heterocycles. The van der Waals surface area contributed by atoms with Crippen molar-refractivity contribution in [3.05, 3.63) is 59.7 Å². The van der Waals surface area contributed by atoms with Crippen LogP contribution in [0.5, 0.6) is 0 Å². The molecule has 1 heterocycles. The summed E-state index contributed by atoms with van der Waals surface area (Å²) < 4.78 is 25.0. The van der Waals surface area contributed by atoms with Gasteiger partial charge in [-0.2, -0.15) is 0 Å². The Bertz CT molecular complexity index is 791. The van der Waals surface area contributed by atoms with Crippen LogP contribution >= 0.6 is 11.3 Å². The molecule has 25 heavy (non-hydrogen) atoms. The zero-order valence-electron chi connectivity index (χ0n) is 14.7. The van der Waals surface area contributed by atoms with Gasteiger partial charge in [0, 0.05) is 0 Å². The number of rotatable bonds is 4. The van der Waals surface area contributed by atoms with Crippen LogP contribution in [0.15, 0.2) is 58.3 Å². The molecule has 2 aromatic carbocycles. The quantitative estimate of drug-likeness (QED) is 0.579. The van der Waals surface area contributed by atoms with E-state index in [4.69, 9.17) is 0 Å². The van der Waals surface area contributed by atoms with Gasteiger partial charge in [-0.25, -0.2) is 0 Å². The Morgan fingerprint density at radius 1 is 0.640 bits per heavy atom. The first-order valence-corrected chi connectivity index (χ1v) is 11.8. The number of aryl methyl sites for hydroxylation is 2. The van der Waals surface area contributed by atoms with E-state index >= 15 is 0 Å². The third-order valence-corrected chi connectivity index (χ3v) is 7.67. The Morgan fingerprint density at radius 3 is 1.24 bits per heavy atom. The molecule has 0 aliphatic heterocycles. The summed E-state index contributed by atoms with van der Waals surface area (Å²) in [6.07, 6.45) is 3.32. The van der Waals surface area contributed by atoms with Crippen molar-refractivity contribution in [3.63, 3.8) is 0 Å². The molecule has 0 N–H and O–H groups in total. The standard InChI is InChI=1S/C20H20O2S3/c1-13-5-9-15(10-6-13)17-19(24(3)21)20(25(4)22)18(23-17)16-11-7-14(2)8-12-16/h5-12H,1-4H3. The highest BCUT2D eigenvalue weighted by Crippen LogP contribution is 2.46. The predicted octanol–water partition coefficient (Wildman–Crippen LogP) is 5.17. The van der Waals surface area contributed by atoms with Crippen LogP contribution in [-0.2, 0) is 22.4 Å². The van der Waals surface area contributed by atoms with Crippen molar-refractivity contribution in [3.8, 4) is 20.9 Å². The fourth-order valence-electron chi connectivity index (χ4n) is 2.71. The summed E-state index contributed by atoms with van der Waals surface area (Å²) in [6, 6.07) is 16.4. The highest BCUT2D eigenvalue weighted by atomic mass is 32.2. The van der Waals surface area contributed by atoms with Gasteiger partial charge in [0.2, 0.25) is 9.79 Å². The number of benzene rings is 2. The maximum absolute atomic E-state index is 12.5. The summed E-state index contributed by atoms with van der Waals surface area (Å²) in [7, 11) is 0. The Morgan fingerprint density at radius 2 is 0.960 bits per heavy atom. The molecule has 0 amide bonds. The number of hydrogen-bond acceptors (Lipinski definition) is 3. The summed E-state index contributed by atoms with van der Waals surface area (Å²) in [5, 5.41) is 0. The molecule has 0 aliphatic rings. The van der Waals surface area contributed by atoms with Gasteiger partial charge in [0.05, 0.1) is 9.75 Å². The lowest BCUT2D eigenvalue weighted by molar-refractivity contribution is 0.590. The van der Waals surface area contributed by atoms with Crippen LogP contribution in [0.4, 0.5) is 0 Å². The smallest absolute Gasteiger partial charge is 0.226 e. The number of thiophene rings is 1. The van der Waals surface area contributed by atoms with E-state index in [0.717, 1.165) is 20.9 Å². The second-order valence-corrected chi connectivity index (χ2v) is 9.71. The lowest BCUT2D eigenvalue weighted by Gasteiger charge is -2.10. The van der Waals surface area contributed by atoms with E-state index in [2.05, 4.69) is 0 Å². The highest BCUT2D eigenvalue weighted by Gasteiger charge is 2.33. The SMILES string of the molecule is Cc1ccc(-c2sc(-c3ccc(C)cc3)c([S+](C)[O-])c2[S+](C)[O-])cc1. The topological polar surface area (TPSA) is 46.1 Å². The minimum Gasteiger partial charge on any atom is -0.611 e. The van der Waals surface area contributed by atoms with Gasteiger partial charge in [-0.05, 0) is 47.3 Å². The first-order chi connectivity index (χ1) is 11.9. The first-order valence-electron chi connectivity index (χ1n) is 7.86. The van der Waals surface area contributed by atoms with Crippen LogP contribution in [0.3, 0.4) is 0 Å². The molecule has 5 heteroatoms. The fraction of sp³-hybridized carbons (Fsp3) is 0.200. The average Bonchev–Trinajstić information content (AvgIpc) is 2.97. The Labute approximate surface area is 159 Å². The van der Waals surface area contributed by atoms with E-state index in [1.165, 1.54) is 11.1 Å². The molecule has 130 valence electrons. The van der Waals surface area contributed by atoms with Crippen LogP contribution in [0.2, 0.25) is 0 Å². The van der Waals surface area contributed by atoms with Crippen molar-refractivity contribution >= 4 is 33.7 Å². The van der Waals surface area contributed by atoms with Crippen molar-refractivity contribution in [2.24, 2.45) is 0 Å². The van der Waals surface area contributed by atoms with Gasteiger partial charge in [0.15, 0.2) is 0 Å². The highest BCUT2D eigenvalue weighted by molar-refractivity contribution is 7.94. The zero-order chi connectivity index (χ0) is 18.1. The van der Waals surface area contributed by atoms with E-state index in [9.17, 15) is 9.11 Å². The molecule has 0 fully saturated rings. The maximum Gasteiger partial charge on any atom is 0.226 e. The van der Waals surface area contributed by atoms with Crippen molar-refractivity contribution in [2.75, 3.05) is 12.5 Å². The Balaban J connectivity index is 2.27. The molecular formula is C20H20O2S3. The molecule has 2 nitrogen and oxygen atoms in total. The molecule has 0 saturated carbocycles. The van der Waals surface area contributed by atoms with Gasteiger partial charge in [-0.15, -0.1) is 11.3 Å². The Hall–Kier alpha value is -1.24. The lowest BCUT2D eigenvalue weighted by Crippen LogP contribution is -2.07. The van der Waals surface area contributed by atoms with Crippen molar-refractivity contribution in [1.29, 1.82) is 0 Å².